The third-order valence-electron chi connectivity index (χ3n) is 4.08. The lowest BCUT2D eigenvalue weighted by Gasteiger charge is -2.19. The number of para-hydroxylation sites is 1. The Bertz CT molecular complexity index is 400. The van der Waals surface area contributed by atoms with Crippen molar-refractivity contribution in [3.63, 3.8) is 0 Å². The highest BCUT2D eigenvalue weighted by Crippen LogP contribution is 2.41. The molecule has 1 aliphatic rings. The lowest BCUT2D eigenvalue weighted by Crippen LogP contribution is -2.31. The standard InChI is InChI=1S/C16H25NO/c1-12-9-16(2,3)10-14(12)17-11-13-7-5-6-8-15(13)18-4/h5-8,12,14,17H,9-11H2,1-4H3. The van der Waals surface area contributed by atoms with Gasteiger partial charge in [0.1, 0.15) is 5.75 Å². The summed E-state index contributed by atoms with van der Waals surface area (Å²) in [6, 6.07) is 8.88. The van der Waals surface area contributed by atoms with Gasteiger partial charge in [-0.1, -0.05) is 39.0 Å². The molecule has 100 valence electrons. The van der Waals surface area contributed by atoms with E-state index in [2.05, 4.69) is 38.2 Å². The Labute approximate surface area is 111 Å². The van der Waals surface area contributed by atoms with Crippen molar-refractivity contribution in [1.29, 1.82) is 0 Å². The molecule has 18 heavy (non-hydrogen) atoms. The van der Waals surface area contributed by atoms with E-state index >= 15 is 0 Å². The highest BCUT2D eigenvalue weighted by molar-refractivity contribution is 5.33. The van der Waals surface area contributed by atoms with Crippen LogP contribution in [0.5, 0.6) is 5.75 Å². The monoisotopic (exact) mass is 247 g/mol. The average molecular weight is 247 g/mol. The largest absolute Gasteiger partial charge is 0.496 e. The van der Waals surface area contributed by atoms with Crippen LogP contribution in [-0.4, -0.2) is 13.2 Å². The fourth-order valence-electron chi connectivity index (χ4n) is 3.26. The molecule has 1 aliphatic carbocycles. The molecule has 1 saturated carbocycles. The molecule has 0 heterocycles. The Balaban J connectivity index is 1.96. The van der Waals surface area contributed by atoms with E-state index in [0.717, 1.165) is 18.2 Å². The normalized spacial score (nSPS) is 26.2. The van der Waals surface area contributed by atoms with Gasteiger partial charge in [0, 0.05) is 18.2 Å². The first kappa shape index (κ1) is 13.4. The molecule has 1 aromatic rings. The Morgan fingerprint density at radius 2 is 2.00 bits per heavy atom. The predicted molar refractivity (Wildman–Crippen MR) is 75.8 cm³/mol. The third-order valence-corrected chi connectivity index (χ3v) is 4.08. The Morgan fingerprint density at radius 1 is 1.28 bits per heavy atom. The van der Waals surface area contributed by atoms with E-state index in [0.29, 0.717) is 11.5 Å². The molecule has 0 aromatic heterocycles. The topological polar surface area (TPSA) is 21.3 Å². The zero-order chi connectivity index (χ0) is 13.2. The fourth-order valence-corrected chi connectivity index (χ4v) is 3.26. The molecule has 1 aromatic carbocycles. The van der Waals surface area contributed by atoms with Crippen molar-refractivity contribution in [1.82, 2.24) is 5.32 Å². The fraction of sp³-hybridized carbons (Fsp3) is 0.625. The quantitative estimate of drug-likeness (QED) is 0.877. The summed E-state index contributed by atoms with van der Waals surface area (Å²) in [6.45, 7) is 7.99. The Hall–Kier alpha value is -1.02. The number of rotatable bonds is 4. The number of nitrogens with one attached hydrogen (secondary N) is 1. The molecular formula is C16H25NO. The van der Waals surface area contributed by atoms with Crippen molar-refractivity contribution in [3.05, 3.63) is 29.8 Å². The minimum absolute atomic E-state index is 0.484. The maximum atomic E-state index is 5.39. The van der Waals surface area contributed by atoms with Crippen molar-refractivity contribution >= 4 is 0 Å². The molecule has 0 saturated heterocycles. The number of benzene rings is 1. The van der Waals surface area contributed by atoms with Crippen molar-refractivity contribution in [2.24, 2.45) is 11.3 Å². The first-order valence-corrected chi connectivity index (χ1v) is 6.87. The molecule has 1 fully saturated rings. The Kier molecular flexibility index (Phi) is 3.96. The summed E-state index contributed by atoms with van der Waals surface area (Å²) < 4.78 is 5.39. The van der Waals surface area contributed by atoms with Gasteiger partial charge in [0.05, 0.1) is 7.11 Å². The number of ether oxygens (including phenoxy) is 1. The lowest BCUT2D eigenvalue weighted by molar-refractivity contribution is 0.361. The van der Waals surface area contributed by atoms with E-state index < -0.39 is 0 Å². The van der Waals surface area contributed by atoms with Crippen LogP contribution < -0.4 is 10.1 Å². The van der Waals surface area contributed by atoms with Gasteiger partial charge in [-0.2, -0.15) is 0 Å². The second-order valence-corrected chi connectivity index (χ2v) is 6.35. The summed E-state index contributed by atoms with van der Waals surface area (Å²) in [5.41, 5.74) is 1.73. The van der Waals surface area contributed by atoms with E-state index in [-0.39, 0.29) is 0 Å². The van der Waals surface area contributed by atoms with Gasteiger partial charge >= 0.3 is 0 Å². The molecule has 0 amide bonds. The van der Waals surface area contributed by atoms with Crippen molar-refractivity contribution in [2.75, 3.05) is 7.11 Å². The van der Waals surface area contributed by atoms with Gasteiger partial charge in [-0.25, -0.2) is 0 Å². The van der Waals surface area contributed by atoms with Crippen molar-refractivity contribution in [2.45, 2.75) is 46.2 Å². The summed E-state index contributed by atoms with van der Waals surface area (Å²) in [5, 5.41) is 3.70. The minimum Gasteiger partial charge on any atom is -0.496 e. The smallest absolute Gasteiger partial charge is 0.123 e. The van der Waals surface area contributed by atoms with Crippen LogP contribution in [0.2, 0.25) is 0 Å². The van der Waals surface area contributed by atoms with Crippen LogP contribution in [0.1, 0.15) is 39.2 Å². The second-order valence-electron chi connectivity index (χ2n) is 6.35. The first-order valence-electron chi connectivity index (χ1n) is 6.87. The van der Waals surface area contributed by atoms with Gasteiger partial charge in [0.15, 0.2) is 0 Å². The summed E-state index contributed by atoms with van der Waals surface area (Å²) in [7, 11) is 1.74. The molecular weight excluding hydrogens is 222 g/mol. The van der Waals surface area contributed by atoms with Crippen LogP contribution in [0.25, 0.3) is 0 Å². The van der Waals surface area contributed by atoms with Crippen LogP contribution in [0.3, 0.4) is 0 Å². The van der Waals surface area contributed by atoms with E-state index in [1.165, 1.54) is 18.4 Å². The van der Waals surface area contributed by atoms with E-state index in [1.807, 2.05) is 12.1 Å². The van der Waals surface area contributed by atoms with Crippen molar-refractivity contribution < 1.29 is 4.74 Å². The number of methoxy groups -OCH3 is 1. The summed E-state index contributed by atoms with van der Waals surface area (Å²) in [6.07, 6.45) is 2.58. The molecule has 2 unspecified atom stereocenters. The molecule has 0 radical (unpaired) electrons. The zero-order valence-corrected chi connectivity index (χ0v) is 12.0. The molecule has 2 nitrogen and oxygen atoms in total. The van der Waals surface area contributed by atoms with Crippen LogP contribution in [0.4, 0.5) is 0 Å². The highest BCUT2D eigenvalue weighted by atomic mass is 16.5. The molecule has 2 heteroatoms. The molecule has 0 aliphatic heterocycles. The van der Waals surface area contributed by atoms with Crippen molar-refractivity contribution in [3.8, 4) is 5.75 Å². The van der Waals surface area contributed by atoms with E-state index in [9.17, 15) is 0 Å². The van der Waals surface area contributed by atoms with Gasteiger partial charge in [-0.3, -0.25) is 0 Å². The Morgan fingerprint density at radius 3 is 2.61 bits per heavy atom. The van der Waals surface area contributed by atoms with Crippen LogP contribution in [-0.2, 0) is 6.54 Å². The maximum Gasteiger partial charge on any atom is 0.123 e. The number of hydrogen-bond donors (Lipinski definition) is 1. The van der Waals surface area contributed by atoms with E-state index in [1.54, 1.807) is 7.11 Å². The average Bonchev–Trinajstić information content (AvgIpc) is 2.60. The van der Waals surface area contributed by atoms with E-state index in [4.69, 9.17) is 4.74 Å². The van der Waals surface area contributed by atoms with Crippen LogP contribution in [0.15, 0.2) is 24.3 Å². The van der Waals surface area contributed by atoms with Gasteiger partial charge in [-0.05, 0) is 30.2 Å². The zero-order valence-electron chi connectivity index (χ0n) is 12.0. The third kappa shape index (κ3) is 3.05. The molecule has 2 atom stereocenters. The van der Waals surface area contributed by atoms with Gasteiger partial charge in [-0.15, -0.1) is 0 Å². The number of hydrogen-bond acceptors (Lipinski definition) is 2. The maximum absolute atomic E-state index is 5.39. The highest BCUT2D eigenvalue weighted by Gasteiger charge is 2.36. The molecule has 2 rings (SSSR count). The molecule has 1 N–H and O–H groups in total. The van der Waals surface area contributed by atoms with Crippen LogP contribution in [0, 0.1) is 11.3 Å². The summed E-state index contributed by atoms with van der Waals surface area (Å²) >= 11 is 0. The van der Waals surface area contributed by atoms with Gasteiger partial charge in [0.2, 0.25) is 0 Å². The molecule has 0 bridgehead atoms. The predicted octanol–water partition coefficient (Wildman–Crippen LogP) is 3.61. The summed E-state index contributed by atoms with van der Waals surface area (Å²) in [5.74, 6) is 1.74. The summed E-state index contributed by atoms with van der Waals surface area (Å²) in [4.78, 5) is 0. The second kappa shape index (κ2) is 5.31. The first-order chi connectivity index (χ1) is 8.52. The molecule has 0 spiro atoms. The van der Waals surface area contributed by atoms with Gasteiger partial charge in [0.25, 0.3) is 0 Å². The van der Waals surface area contributed by atoms with Crippen LogP contribution >= 0.6 is 0 Å². The lowest BCUT2D eigenvalue weighted by atomic mass is 9.91. The SMILES string of the molecule is COc1ccccc1CNC1CC(C)(C)CC1C. The van der Waals surface area contributed by atoms with Gasteiger partial charge < -0.3 is 10.1 Å². The minimum atomic E-state index is 0.484.